The van der Waals surface area contributed by atoms with E-state index in [1.165, 1.54) is 0 Å². The molecule has 3 heterocycles. The summed E-state index contributed by atoms with van der Waals surface area (Å²) in [5.74, 6) is 1.55. The van der Waals surface area contributed by atoms with Gasteiger partial charge in [0.2, 0.25) is 5.78 Å². The minimum absolute atomic E-state index is 0.123. The van der Waals surface area contributed by atoms with Crippen molar-refractivity contribution in [3.63, 3.8) is 0 Å². The number of carbonyl (C=O) groups is 1. The number of fused-ring (bicyclic) bond motifs is 2. The maximum atomic E-state index is 13.1. The van der Waals surface area contributed by atoms with Crippen LogP contribution in [0.25, 0.3) is 17.0 Å². The van der Waals surface area contributed by atoms with E-state index in [1.807, 2.05) is 37.3 Å². The summed E-state index contributed by atoms with van der Waals surface area (Å²) in [6, 6.07) is 11.5. The molecule has 30 heavy (non-hydrogen) atoms. The number of H-pyrrole nitrogens is 1. The average molecular weight is 404 g/mol. The van der Waals surface area contributed by atoms with Gasteiger partial charge in [-0.15, -0.1) is 0 Å². The van der Waals surface area contributed by atoms with Gasteiger partial charge >= 0.3 is 0 Å². The predicted octanol–water partition coefficient (Wildman–Crippen LogP) is 2.98. The van der Waals surface area contributed by atoms with E-state index in [9.17, 15) is 4.79 Å². The second-order valence-electron chi connectivity index (χ2n) is 7.47. The van der Waals surface area contributed by atoms with E-state index in [-0.39, 0.29) is 11.5 Å². The van der Waals surface area contributed by atoms with Gasteiger partial charge in [-0.05, 0) is 25.1 Å². The zero-order valence-corrected chi connectivity index (χ0v) is 16.9. The van der Waals surface area contributed by atoms with Crippen LogP contribution in [0, 0.1) is 0 Å². The van der Waals surface area contributed by atoms with Gasteiger partial charge in [-0.2, -0.15) is 5.10 Å². The lowest BCUT2D eigenvalue weighted by atomic mass is 10.0. The molecule has 5 rings (SSSR count). The fourth-order valence-corrected chi connectivity index (χ4v) is 4.04. The predicted molar refractivity (Wildman–Crippen MR) is 115 cm³/mol. The fraction of sp³-hybridized carbons (Fsp3) is 0.304. The minimum Gasteiger partial charge on any atom is -0.493 e. The van der Waals surface area contributed by atoms with Crippen LogP contribution in [0.3, 0.4) is 0 Å². The third-order valence-corrected chi connectivity index (χ3v) is 5.56. The van der Waals surface area contributed by atoms with Crippen molar-refractivity contribution in [2.45, 2.75) is 13.5 Å². The van der Waals surface area contributed by atoms with E-state index in [4.69, 9.17) is 9.47 Å². The van der Waals surface area contributed by atoms with Crippen molar-refractivity contribution in [2.75, 3.05) is 32.8 Å². The first kappa shape index (κ1) is 18.8. The Hall–Kier alpha value is -3.16. The molecule has 3 aromatic rings. The molecule has 0 bridgehead atoms. The molecule has 2 aliphatic rings. The topological polar surface area (TPSA) is 79.5 Å². The normalized spacial score (nSPS) is 18.0. The minimum atomic E-state index is -0.123. The van der Waals surface area contributed by atoms with Crippen molar-refractivity contribution in [3.8, 4) is 11.5 Å². The molecule has 1 fully saturated rings. The maximum absolute atomic E-state index is 13.1. The highest BCUT2D eigenvalue weighted by Gasteiger charge is 2.32. The third-order valence-electron chi connectivity index (χ3n) is 5.56. The van der Waals surface area contributed by atoms with Crippen molar-refractivity contribution in [2.24, 2.45) is 0 Å². The number of aromatic nitrogens is 2. The zero-order valence-electron chi connectivity index (χ0n) is 16.9. The average Bonchev–Trinajstić information content (AvgIpc) is 3.32. The van der Waals surface area contributed by atoms with Crippen LogP contribution in [0.1, 0.15) is 28.5 Å². The Kier molecular flexibility index (Phi) is 4.98. The summed E-state index contributed by atoms with van der Waals surface area (Å²) in [7, 11) is 0. The number of piperazine rings is 1. The standard InChI is InChI=1S/C23H24N4O3/c1-2-29-20-8-7-16-22(28)21(13-19-15-5-3-4-6-18(15)25-26-19)30-23(16)17(20)14-27-11-9-24-10-12-27/h3-8,13,24H,2,9-12,14H2,1H3,(H,25,26). The Morgan fingerprint density at radius 3 is 2.87 bits per heavy atom. The van der Waals surface area contributed by atoms with Crippen molar-refractivity contribution in [3.05, 3.63) is 59.0 Å². The largest absolute Gasteiger partial charge is 0.493 e. The van der Waals surface area contributed by atoms with Gasteiger partial charge in [0.25, 0.3) is 0 Å². The SMILES string of the molecule is CCOc1ccc2c(c1CN1CCNCC1)OC(=Cc1n[nH]c3ccccc13)C2=O. The highest BCUT2D eigenvalue weighted by molar-refractivity contribution is 6.15. The van der Waals surface area contributed by atoms with Crippen molar-refractivity contribution >= 4 is 22.8 Å². The van der Waals surface area contributed by atoms with E-state index >= 15 is 0 Å². The van der Waals surface area contributed by atoms with Crippen LogP contribution in [0.5, 0.6) is 11.5 Å². The second-order valence-corrected chi connectivity index (χ2v) is 7.47. The van der Waals surface area contributed by atoms with Gasteiger partial charge in [0.05, 0.1) is 28.9 Å². The Morgan fingerprint density at radius 1 is 1.20 bits per heavy atom. The van der Waals surface area contributed by atoms with Crippen LogP contribution in [0.15, 0.2) is 42.2 Å². The molecule has 7 nitrogen and oxygen atoms in total. The molecule has 2 aromatic carbocycles. The summed E-state index contributed by atoms with van der Waals surface area (Å²) in [6.45, 7) is 7.01. The first-order valence-electron chi connectivity index (χ1n) is 10.3. The van der Waals surface area contributed by atoms with Crippen LogP contribution < -0.4 is 14.8 Å². The fourth-order valence-electron chi connectivity index (χ4n) is 4.04. The first-order chi connectivity index (χ1) is 14.7. The smallest absolute Gasteiger partial charge is 0.232 e. The number of ether oxygens (including phenoxy) is 2. The molecular formula is C23H24N4O3. The molecule has 0 atom stereocenters. The van der Waals surface area contributed by atoms with E-state index in [2.05, 4.69) is 20.4 Å². The molecule has 1 saturated heterocycles. The summed E-state index contributed by atoms with van der Waals surface area (Å²) in [5.41, 5.74) is 3.12. The van der Waals surface area contributed by atoms with Crippen LogP contribution in [-0.4, -0.2) is 53.7 Å². The summed E-state index contributed by atoms with van der Waals surface area (Å²) in [5, 5.41) is 11.7. The van der Waals surface area contributed by atoms with Crippen LogP contribution in [0.2, 0.25) is 0 Å². The lowest BCUT2D eigenvalue weighted by Crippen LogP contribution is -2.43. The van der Waals surface area contributed by atoms with Gasteiger partial charge in [0.15, 0.2) is 5.76 Å². The number of hydrogen-bond donors (Lipinski definition) is 2. The van der Waals surface area contributed by atoms with Crippen LogP contribution in [-0.2, 0) is 6.54 Å². The van der Waals surface area contributed by atoms with E-state index in [0.717, 1.165) is 48.4 Å². The number of ketones is 1. The maximum Gasteiger partial charge on any atom is 0.232 e. The second kappa shape index (κ2) is 7.93. The van der Waals surface area contributed by atoms with Gasteiger partial charge < -0.3 is 14.8 Å². The number of carbonyl (C=O) groups excluding carboxylic acids is 1. The summed E-state index contributed by atoms with van der Waals surface area (Å²) in [6.07, 6.45) is 1.72. The Morgan fingerprint density at radius 2 is 2.03 bits per heavy atom. The van der Waals surface area contributed by atoms with Crippen LogP contribution in [0.4, 0.5) is 0 Å². The van der Waals surface area contributed by atoms with Crippen molar-refractivity contribution in [1.82, 2.24) is 20.4 Å². The summed E-state index contributed by atoms with van der Waals surface area (Å²) < 4.78 is 12.0. The lowest BCUT2D eigenvalue weighted by Gasteiger charge is -2.28. The third kappa shape index (κ3) is 3.36. The van der Waals surface area contributed by atoms with Crippen LogP contribution >= 0.6 is 0 Å². The molecule has 2 N–H and O–H groups in total. The highest BCUT2D eigenvalue weighted by atomic mass is 16.5. The molecule has 2 aliphatic heterocycles. The number of rotatable bonds is 5. The Bertz CT molecular complexity index is 1130. The lowest BCUT2D eigenvalue weighted by molar-refractivity contribution is 0.101. The van der Waals surface area contributed by atoms with Gasteiger partial charge in [0, 0.05) is 44.2 Å². The first-order valence-corrected chi connectivity index (χ1v) is 10.3. The number of hydrogen-bond acceptors (Lipinski definition) is 6. The Labute approximate surface area is 174 Å². The van der Waals surface area contributed by atoms with E-state index in [1.54, 1.807) is 12.1 Å². The van der Waals surface area contributed by atoms with Gasteiger partial charge in [-0.25, -0.2) is 0 Å². The number of nitrogens with one attached hydrogen (secondary N) is 2. The molecule has 0 saturated carbocycles. The molecule has 0 unspecified atom stereocenters. The molecule has 0 amide bonds. The molecule has 0 radical (unpaired) electrons. The van der Waals surface area contributed by atoms with Crippen molar-refractivity contribution < 1.29 is 14.3 Å². The number of allylic oxidation sites excluding steroid dienone is 1. The van der Waals surface area contributed by atoms with Crippen molar-refractivity contribution in [1.29, 1.82) is 0 Å². The number of para-hydroxylation sites is 1. The number of aromatic amines is 1. The molecular weight excluding hydrogens is 380 g/mol. The Balaban J connectivity index is 1.52. The van der Waals surface area contributed by atoms with E-state index in [0.29, 0.717) is 30.2 Å². The summed E-state index contributed by atoms with van der Waals surface area (Å²) in [4.78, 5) is 15.4. The zero-order chi connectivity index (χ0) is 20.5. The number of Topliss-reactive ketones (excluding diaryl/α,β-unsaturated/α-hetero) is 1. The van der Waals surface area contributed by atoms with Gasteiger partial charge in [-0.3, -0.25) is 14.8 Å². The van der Waals surface area contributed by atoms with E-state index < -0.39 is 0 Å². The molecule has 0 aliphatic carbocycles. The molecule has 0 spiro atoms. The number of nitrogens with zero attached hydrogens (tertiary/aromatic N) is 2. The monoisotopic (exact) mass is 404 g/mol. The quantitative estimate of drug-likeness (QED) is 0.637. The van der Waals surface area contributed by atoms with Gasteiger partial charge in [0.1, 0.15) is 11.5 Å². The number of benzene rings is 2. The summed E-state index contributed by atoms with van der Waals surface area (Å²) >= 11 is 0. The van der Waals surface area contributed by atoms with Gasteiger partial charge in [-0.1, -0.05) is 18.2 Å². The molecule has 154 valence electrons. The molecule has 1 aromatic heterocycles. The molecule has 7 heteroatoms. The highest BCUT2D eigenvalue weighted by Crippen LogP contribution is 2.41.